The highest BCUT2D eigenvalue weighted by atomic mass is 16.2. The molecule has 2 aromatic carbocycles. The molecule has 3 heteroatoms. The zero-order valence-electron chi connectivity index (χ0n) is 19.3. The maximum atomic E-state index is 13.6. The SMILES string of the molecule is CCC(C)/C1=C(\C(C)C)c2ccccc2N(C(=O)C(C)(N)CC)Cc2ccccc21. The molecule has 0 spiro atoms. The van der Waals surface area contributed by atoms with Crippen LogP contribution in [0.1, 0.15) is 71.1 Å². The van der Waals surface area contributed by atoms with Gasteiger partial charge in [0, 0.05) is 5.56 Å². The highest BCUT2D eigenvalue weighted by molar-refractivity contribution is 6.05. The summed E-state index contributed by atoms with van der Waals surface area (Å²) in [5.41, 5.74) is 12.8. The highest BCUT2D eigenvalue weighted by Crippen LogP contribution is 2.44. The normalized spacial score (nSPS) is 19.4. The summed E-state index contributed by atoms with van der Waals surface area (Å²) in [5, 5.41) is 0. The predicted molar refractivity (Wildman–Crippen MR) is 128 cm³/mol. The van der Waals surface area contributed by atoms with Gasteiger partial charge >= 0.3 is 0 Å². The van der Waals surface area contributed by atoms with Gasteiger partial charge in [-0.1, -0.05) is 77.1 Å². The topological polar surface area (TPSA) is 46.3 Å². The molecular weight excluding hydrogens is 368 g/mol. The molecule has 1 amide bonds. The minimum atomic E-state index is -0.900. The fourth-order valence-electron chi connectivity index (χ4n) is 4.40. The van der Waals surface area contributed by atoms with Crippen molar-refractivity contribution in [2.75, 3.05) is 4.90 Å². The molecule has 0 bridgehead atoms. The Balaban J connectivity index is 2.40. The van der Waals surface area contributed by atoms with Gasteiger partial charge in [-0.15, -0.1) is 0 Å². The maximum Gasteiger partial charge on any atom is 0.247 e. The number of carbonyl (C=O) groups is 1. The van der Waals surface area contributed by atoms with Gasteiger partial charge < -0.3 is 10.6 Å². The van der Waals surface area contributed by atoms with Crippen molar-refractivity contribution in [3.63, 3.8) is 0 Å². The first kappa shape index (κ1) is 22.3. The molecule has 2 N–H and O–H groups in total. The lowest BCUT2D eigenvalue weighted by molar-refractivity contribution is -0.123. The molecule has 1 aliphatic rings. The summed E-state index contributed by atoms with van der Waals surface area (Å²) in [4.78, 5) is 15.5. The number of anilines is 1. The average molecular weight is 405 g/mol. The van der Waals surface area contributed by atoms with Crippen LogP contribution in [0.2, 0.25) is 0 Å². The van der Waals surface area contributed by atoms with Crippen LogP contribution in [-0.2, 0) is 11.3 Å². The number of para-hydroxylation sites is 1. The minimum Gasteiger partial charge on any atom is -0.318 e. The molecule has 1 aliphatic heterocycles. The van der Waals surface area contributed by atoms with Crippen LogP contribution in [0.3, 0.4) is 0 Å². The molecule has 0 aromatic heterocycles. The first-order valence-corrected chi connectivity index (χ1v) is 11.2. The standard InChI is InChI=1S/C27H36N2O/c1-7-19(5)25-21-14-10-9-13-20(21)17-29(26(30)27(6,28)8-2)23-16-12-11-15-22(23)24(25)18(3)4/h9-16,18-19H,7-8,17,28H2,1-6H3/b25-24-. The van der Waals surface area contributed by atoms with Gasteiger partial charge in [-0.25, -0.2) is 0 Å². The fraction of sp³-hybridized carbons (Fsp3) is 0.444. The number of hydrogen-bond donors (Lipinski definition) is 1. The average Bonchev–Trinajstić information content (AvgIpc) is 2.73. The second-order valence-corrected chi connectivity index (χ2v) is 9.13. The number of nitrogens with two attached hydrogens (primary N) is 1. The summed E-state index contributed by atoms with van der Waals surface area (Å²) in [5.74, 6) is 0.727. The van der Waals surface area contributed by atoms with Crippen molar-refractivity contribution in [1.29, 1.82) is 0 Å². The van der Waals surface area contributed by atoms with Crippen molar-refractivity contribution in [1.82, 2.24) is 0 Å². The van der Waals surface area contributed by atoms with Crippen molar-refractivity contribution >= 4 is 22.7 Å². The fourth-order valence-corrected chi connectivity index (χ4v) is 4.40. The van der Waals surface area contributed by atoms with Gasteiger partial charge in [0.05, 0.1) is 17.8 Å². The first-order valence-electron chi connectivity index (χ1n) is 11.2. The summed E-state index contributed by atoms with van der Waals surface area (Å²) in [6.45, 7) is 13.4. The molecule has 0 fully saturated rings. The lowest BCUT2D eigenvalue weighted by Gasteiger charge is -2.37. The Morgan fingerprint density at radius 1 is 1.00 bits per heavy atom. The third kappa shape index (κ3) is 3.96. The molecule has 2 unspecified atom stereocenters. The van der Waals surface area contributed by atoms with E-state index in [1.54, 1.807) is 0 Å². The van der Waals surface area contributed by atoms with E-state index in [2.05, 4.69) is 70.2 Å². The molecule has 2 aromatic rings. The van der Waals surface area contributed by atoms with Gasteiger partial charge in [-0.2, -0.15) is 0 Å². The minimum absolute atomic E-state index is 0.0256. The second-order valence-electron chi connectivity index (χ2n) is 9.13. The van der Waals surface area contributed by atoms with Gasteiger partial charge in [-0.05, 0) is 59.9 Å². The number of amides is 1. The highest BCUT2D eigenvalue weighted by Gasteiger charge is 2.35. The first-order chi connectivity index (χ1) is 14.2. The van der Waals surface area contributed by atoms with Gasteiger partial charge in [-0.3, -0.25) is 4.79 Å². The van der Waals surface area contributed by atoms with Crippen LogP contribution in [0.5, 0.6) is 0 Å². The van der Waals surface area contributed by atoms with E-state index in [4.69, 9.17) is 5.73 Å². The van der Waals surface area contributed by atoms with Crippen LogP contribution in [0.25, 0.3) is 11.1 Å². The number of carbonyl (C=O) groups excluding carboxylic acids is 1. The number of hydrogen-bond acceptors (Lipinski definition) is 2. The lowest BCUT2D eigenvalue weighted by atomic mass is 9.78. The molecule has 0 radical (unpaired) electrons. The van der Waals surface area contributed by atoms with Crippen LogP contribution in [0, 0.1) is 11.8 Å². The van der Waals surface area contributed by atoms with Crippen LogP contribution >= 0.6 is 0 Å². The van der Waals surface area contributed by atoms with Crippen LogP contribution in [-0.4, -0.2) is 11.4 Å². The predicted octanol–water partition coefficient (Wildman–Crippen LogP) is 6.27. The summed E-state index contributed by atoms with van der Waals surface area (Å²) in [7, 11) is 0. The molecule has 0 saturated carbocycles. The van der Waals surface area contributed by atoms with Crippen LogP contribution < -0.4 is 10.6 Å². The second kappa shape index (κ2) is 8.77. The summed E-state index contributed by atoms with van der Waals surface area (Å²) < 4.78 is 0. The van der Waals surface area contributed by atoms with Crippen molar-refractivity contribution in [3.8, 4) is 0 Å². The van der Waals surface area contributed by atoms with E-state index in [-0.39, 0.29) is 5.91 Å². The van der Waals surface area contributed by atoms with E-state index in [9.17, 15) is 4.79 Å². The van der Waals surface area contributed by atoms with Crippen molar-refractivity contribution in [3.05, 3.63) is 65.2 Å². The Kier molecular flexibility index (Phi) is 6.52. The Hall–Kier alpha value is -2.39. The van der Waals surface area contributed by atoms with Crippen molar-refractivity contribution < 1.29 is 4.79 Å². The number of benzene rings is 2. The number of allylic oxidation sites excluding steroid dienone is 2. The third-order valence-electron chi connectivity index (χ3n) is 6.56. The third-order valence-corrected chi connectivity index (χ3v) is 6.56. The summed E-state index contributed by atoms with van der Waals surface area (Å²) >= 11 is 0. The van der Waals surface area contributed by atoms with Gasteiger partial charge in [0.1, 0.15) is 0 Å². The van der Waals surface area contributed by atoms with Crippen molar-refractivity contribution in [2.45, 2.75) is 66.5 Å². The molecule has 0 aliphatic carbocycles. The number of fused-ring (bicyclic) bond motifs is 2. The summed E-state index contributed by atoms with van der Waals surface area (Å²) in [6, 6.07) is 16.9. The Morgan fingerprint density at radius 3 is 2.20 bits per heavy atom. The zero-order valence-corrected chi connectivity index (χ0v) is 19.3. The molecule has 0 saturated heterocycles. The molecule has 3 rings (SSSR count). The van der Waals surface area contributed by atoms with E-state index >= 15 is 0 Å². The maximum absolute atomic E-state index is 13.6. The summed E-state index contributed by atoms with van der Waals surface area (Å²) in [6.07, 6.45) is 1.67. The number of rotatable bonds is 5. The van der Waals surface area contributed by atoms with Crippen LogP contribution in [0.4, 0.5) is 5.69 Å². The largest absolute Gasteiger partial charge is 0.318 e. The molecular formula is C27H36N2O. The molecule has 1 heterocycles. The monoisotopic (exact) mass is 404 g/mol. The Labute approximate surface area is 182 Å². The van der Waals surface area contributed by atoms with E-state index in [0.29, 0.717) is 24.8 Å². The molecule has 3 nitrogen and oxygen atoms in total. The van der Waals surface area contributed by atoms with E-state index in [0.717, 1.165) is 17.7 Å². The smallest absolute Gasteiger partial charge is 0.247 e. The number of nitrogens with zero attached hydrogens (tertiary/aromatic N) is 1. The van der Waals surface area contributed by atoms with E-state index < -0.39 is 5.54 Å². The van der Waals surface area contributed by atoms with Gasteiger partial charge in [0.2, 0.25) is 5.91 Å². The quantitative estimate of drug-likeness (QED) is 0.638. The zero-order chi connectivity index (χ0) is 22.1. The van der Waals surface area contributed by atoms with Gasteiger partial charge in [0.15, 0.2) is 0 Å². The molecule has 2 atom stereocenters. The van der Waals surface area contributed by atoms with Crippen molar-refractivity contribution in [2.24, 2.45) is 17.6 Å². The van der Waals surface area contributed by atoms with E-state index in [1.807, 2.05) is 24.8 Å². The van der Waals surface area contributed by atoms with Crippen LogP contribution in [0.15, 0.2) is 48.5 Å². The molecule has 160 valence electrons. The lowest BCUT2D eigenvalue weighted by Crippen LogP contribution is -2.53. The van der Waals surface area contributed by atoms with E-state index in [1.165, 1.54) is 22.3 Å². The molecule has 30 heavy (non-hydrogen) atoms. The Morgan fingerprint density at radius 2 is 1.60 bits per heavy atom. The Bertz CT molecular complexity index is 955. The van der Waals surface area contributed by atoms with Gasteiger partial charge in [0.25, 0.3) is 0 Å².